The SMILES string of the molecule is Cc1cccc(NC(=O)CN(C)c2ccc(C#N)cc2)c1. The van der Waals surface area contributed by atoms with Crippen molar-refractivity contribution in [2.75, 3.05) is 23.8 Å². The molecule has 0 spiro atoms. The van der Waals surface area contributed by atoms with Crippen molar-refractivity contribution in [1.82, 2.24) is 0 Å². The van der Waals surface area contributed by atoms with Gasteiger partial charge < -0.3 is 10.2 Å². The summed E-state index contributed by atoms with van der Waals surface area (Å²) in [6.07, 6.45) is 0. The first-order chi connectivity index (χ1) is 10.1. The van der Waals surface area contributed by atoms with E-state index in [1.54, 1.807) is 12.1 Å². The summed E-state index contributed by atoms with van der Waals surface area (Å²) in [6.45, 7) is 2.23. The Labute approximate surface area is 124 Å². The molecule has 4 nitrogen and oxygen atoms in total. The fourth-order valence-corrected chi connectivity index (χ4v) is 2.02. The van der Waals surface area contributed by atoms with Crippen LogP contribution in [0.15, 0.2) is 48.5 Å². The van der Waals surface area contributed by atoms with Crippen molar-refractivity contribution in [2.45, 2.75) is 6.92 Å². The minimum Gasteiger partial charge on any atom is -0.365 e. The molecule has 4 heteroatoms. The predicted molar refractivity (Wildman–Crippen MR) is 84.2 cm³/mol. The first-order valence-corrected chi connectivity index (χ1v) is 6.66. The number of likely N-dealkylation sites (N-methyl/N-ethyl adjacent to an activating group) is 1. The molecule has 0 unspecified atom stereocenters. The second kappa shape index (κ2) is 6.58. The molecule has 0 aromatic heterocycles. The molecular formula is C17H17N3O. The summed E-state index contributed by atoms with van der Waals surface area (Å²) in [7, 11) is 1.84. The Kier molecular flexibility index (Phi) is 4.57. The van der Waals surface area contributed by atoms with Gasteiger partial charge in [-0.05, 0) is 48.9 Å². The molecular weight excluding hydrogens is 262 g/mol. The molecule has 2 aromatic carbocycles. The van der Waals surface area contributed by atoms with E-state index in [9.17, 15) is 4.79 Å². The minimum absolute atomic E-state index is 0.0764. The van der Waals surface area contributed by atoms with Crippen LogP contribution in [0.2, 0.25) is 0 Å². The summed E-state index contributed by atoms with van der Waals surface area (Å²) in [4.78, 5) is 13.9. The van der Waals surface area contributed by atoms with Gasteiger partial charge in [0.05, 0.1) is 18.2 Å². The van der Waals surface area contributed by atoms with Gasteiger partial charge in [0.15, 0.2) is 0 Å². The Hall–Kier alpha value is -2.80. The van der Waals surface area contributed by atoms with Crippen LogP contribution in [0.4, 0.5) is 11.4 Å². The fraction of sp³-hybridized carbons (Fsp3) is 0.176. The second-order valence-corrected chi connectivity index (χ2v) is 4.93. The van der Waals surface area contributed by atoms with E-state index >= 15 is 0 Å². The van der Waals surface area contributed by atoms with E-state index in [0.29, 0.717) is 5.56 Å². The fourth-order valence-electron chi connectivity index (χ4n) is 2.02. The van der Waals surface area contributed by atoms with Crippen LogP contribution >= 0.6 is 0 Å². The van der Waals surface area contributed by atoms with E-state index in [1.807, 2.05) is 55.3 Å². The molecule has 0 heterocycles. The molecule has 106 valence electrons. The molecule has 1 N–H and O–H groups in total. The Morgan fingerprint density at radius 2 is 1.95 bits per heavy atom. The number of hydrogen-bond donors (Lipinski definition) is 1. The average molecular weight is 279 g/mol. The highest BCUT2D eigenvalue weighted by molar-refractivity contribution is 5.94. The molecule has 1 amide bonds. The van der Waals surface area contributed by atoms with Crippen LogP contribution in [0.3, 0.4) is 0 Å². The van der Waals surface area contributed by atoms with Crippen LogP contribution in [-0.4, -0.2) is 19.5 Å². The van der Waals surface area contributed by atoms with E-state index < -0.39 is 0 Å². The Balaban J connectivity index is 1.97. The zero-order valence-corrected chi connectivity index (χ0v) is 12.1. The number of carbonyl (C=O) groups excluding carboxylic acids is 1. The predicted octanol–water partition coefficient (Wildman–Crippen LogP) is 2.94. The topological polar surface area (TPSA) is 56.1 Å². The van der Waals surface area contributed by atoms with Crippen LogP contribution in [0.1, 0.15) is 11.1 Å². The van der Waals surface area contributed by atoms with Gasteiger partial charge in [0, 0.05) is 18.4 Å². The Morgan fingerprint density at radius 1 is 1.24 bits per heavy atom. The monoisotopic (exact) mass is 279 g/mol. The molecule has 2 rings (SSSR count). The van der Waals surface area contributed by atoms with Crippen LogP contribution < -0.4 is 10.2 Å². The number of nitrogens with zero attached hydrogens (tertiary/aromatic N) is 2. The number of carbonyl (C=O) groups is 1. The Morgan fingerprint density at radius 3 is 2.57 bits per heavy atom. The van der Waals surface area contributed by atoms with Crippen molar-refractivity contribution in [3.05, 3.63) is 59.7 Å². The van der Waals surface area contributed by atoms with Gasteiger partial charge in [-0.3, -0.25) is 4.79 Å². The maximum atomic E-state index is 12.0. The lowest BCUT2D eigenvalue weighted by molar-refractivity contribution is -0.114. The van der Waals surface area contributed by atoms with Crippen molar-refractivity contribution in [3.63, 3.8) is 0 Å². The van der Waals surface area contributed by atoms with Crippen LogP contribution in [0.5, 0.6) is 0 Å². The van der Waals surface area contributed by atoms with Gasteiger partial charge in [0.1, 0.15) is 0 Å². The molecule has 0 aliphatic rings. The van der Waals surface area contributed by atoms with Crippen molar-refractivity contribution >= 4 is 17.3 Å². The zero-order chi connectivity index (χ0) is 15.2. The Bertz CT molecular complexity index is 671. The average Bonchev–Trinajstić information content (AvgIpc) is 2.47. The molecule has 0 atom stereocenters. The highest BCUT2D eigenvalue weighted by Gasteiger charge is 2.08. The van der Waals surface area contributed by atoms with E-state index in [0.717, 1.165) is 16.9 Å². The molecule has 0 saturated carbocycles. The minimum atomic E-state index is -0.0764. The second-order valence-electron chi connectivity index (χ2n) is 4.93. The quantitative estimate of drug-likeness (QED) is 0.936. The van der Waals surface area contributed by atoms with Crippen LogP contribution in [-0.2, 0) is 4.79 Å². The van der Waals surface area contributed by atoms with E-state index in [1.165, 1.54) is 0 Å². The third-order valence-corrected chi connectivity index (χ3v) is 3.12. The van der Waals surface area contributed by atoms with Gasteiger partial charge in [-0.2, -0.15) is 5.26 Å². The summed E-state index contributed by atoms with van der Waals surface area (Å²) in [5, 5.41) is 11.6. The van der Waals surface area contributed by atoms with Gasteiger partial charge in [-0.25, -0.2) is 0 Å². The van der Waals surface area contributed by atoms with Crippen molar-refractivity contribution in [1.29, 1.82) is 5.26 Å². The maximum absolute atomic E-state index is 12.0. The van der Waals surface area contributed by atoms with E-state index in [-0.39, 0.29) is 12.5 Å². The lowest BCUT2D eigenvalue weighted by Gasteiger charge is -2.18. The molecule has 0 fully saturated rings. The maximum Gasteiger partial charge on any atom is 0.243 e. The summed E-state index contributed by atoms with van der Waals surface area (Å²) in [5.41, 5.74) is 3.41. The molecule has 0 bridgehead atoms. The standard InChI is InChI=1S/C17H17N3O/c1-13-4-3-5-15(10-13)19-17(21)12-20(2)16-8-6-14(11-18)7-9-16/h3-10H,12H2,1-2H3,(H,19,21). The van der Waals surface area contributed by atoms with Gasteiger partial charge in [0.25, 0.3) is 0 Å². The van der Waals surface area contributed by atoms with Crippen LogP contribution in [0.25, 0.3) is 0 Å². The van der Waals surface area contributed by atoms with Gasteiger partial charge in [-0.1, -0.05) is 12.1 Å². The normalized spacial score (nSPS) is 9.76. The molecule has 0 aliphatic carbocycles. The van der Waals surface area contributed by atoms with Gasteiger partial charge in [0.2, 0.25) is 5.91 Å². The number of rotatable bonds is 4. The molecule has 21 heavy (non-hydrogen) atoms. The molecule has 0 saturated heterocycles. The number of aryl methyl sites for hydroxylation is 1. The van der Waals surface area contributed by atoms with Crippen molar-refractivity contribution in [2.24, 2.45) is 0 Å². The first-order valence-electron chi connectivity index (χ1n) is 6.66. The summed E-state index contributed by atoms with van der Waals surface area (Å²) < 4.78 is 0. The van der Waals surface area contributed by atoms with Crippen molar-refractivity contribution in [3.8, 4) is 6.07 Å². The van der Waals surface area contributed by atoms with Gasteiger partial charge >= 0.3 is 0 Å². The highest BCUT2D eigenvalue weighted by Crippen LogP contribution is 2.14. The molecule has 2 aromatic rings. The lowest BCUT2D eigenvalue weighted by Crippen LogP contribution is -2.30. The van der Waals surface area contributed by atoms with Gasteiger partial charge in [-0.15, -0.1) is 0 Å². The zero-order valence-electron chi connectivity index (χ0n) is 12.1. The van der Waals surface area contributed by atoms with Crippen LogP contribution in [0, 0.1) is 18.3 Å². The summed E-state index contributed by atoms with van der Waals surface area (Å²) in [5.74, 6) is -0.0764. The number of nitrogens with one attached hydrogen (secondary N) is 1. The lowest BCUT2D eigenvalue weighted by atomic mass is 10.2. The van der Waals surface area contributed by atoms with Crippen molar-refractivity contribution < 1.29 is 4.79 Å². The number of anilines is 2. The third-order valence-electron chi connectivity index (χ3n) is 3.12. The van der Waals surface area contributed by atoms with E-state index in [2.05, 4.69) is 11.4 Å². The smallest absolute Gasteiger partial charge is 0.243 e. The largest absolute Gasteiger partial charge is 0.365 e. The molecule has 0 radical (unpaired) electrons. The number of nitriles is 1. The third kappa shape index (κ3) is 4.08. The first kappa shape index (κ1) is 14.6. The molecule has 0 aliphatic heterocycles. The summed E-state index contributed by atoms with van der Waals surface area (Å²) in [6, 6.07) is 16.9. The summed E-state index contributed by atoms with van der Waals surface area (Å²) >= 11 is 0. The number of amides is 1. The number of benzene rings is 2. The highest BCUT2D eigenvalue weighted by atomic mass is 16.2. The number of hydrogen-bond acceptors (Lipinski definition) is 3. The van der Waals surface area contributed by atoms with E-state index in [4.69, 9.17) is 5.26 Å².